The van der Waals surface area contributed by atoms with Crippen LogP contribution in [0.3, 0.4) is 0 Å². The fraction of sp³-hybridized carbons (Fsp3) is 0.125. The first-order chi connectivity index (χ1) is 6.20. The van der Waals surface area contributed by atoms with E-state index in [-0.39, 0.29) is 0 Å². The van der Waals surface area contributed by atoms with Gasteiger partial charge in [0.15, 0.2) is 0 Å². The maximum atomic E-state index is 6.00. The Labute approximate surface area is 84.7 Å². The molecule has 2 aromatic heterocycles. The summed E-state index contributed by atoms with van der Waals surface area (Å²) in [6, 6.07) is 1.94. The fourth-order valence-electron chi connectivity index (χ4n) is 1.25. The zero-order valence-corrected chi connectivity index (χ0v) is 8.56. The number of thiophene rings is 1. The number of nitrogens with zero attached hydrogens (tertiary/aromatic N) is 2. The predicted molar refractivity (Wildman–Crippen MR) is 55.9 cm³/mol. The summed E-state index contributed by atoms with van der Waals surface area (Å²) >= 11 is 7.49. The average Bonchev–Trinajstić information content (AvgIpc) is 2.60. The van der Waals surface area contributed by atoms with Gasteiger partial charge in [-0.25, -0.2) is 0 Å². The van der Waals surface area contributed by atoms with E-state index in [1.165, 1.54) is 11.3 Å². The molecule has 0 fully saturated rings. The van der Waals surface area contributed by atoms with E-state index < -0.39 is 0 Å². The van der Waals surface area contributed by atoms with Crippen molar-refractivity contribution in [3.05, 3.63) is 22.0 Å². The van der Waals surface area contributed by atoms with E-state index in [1.807, 2.05) is 18.5 Å². The van der Waals surface area contributed by atoms with Crippen LogP contribution in [0.5, 0.6) is 0 Å². The molecular weight excluding hydrogens is 206 g/mol. The van der Waals surface area contributed by atoms with Gasteiger partial charge in [0.25, 0.3) is 0 Å². The molecule has 3 nitrogen and oxygen atoms in total. The monoisotopic (exact) mass is 213 g/mol. The molecule has 0 aliphatic rings. The Hall–Kier alpha value is -1.00. The van der Waals surface area contributed by atoms with Gasteiger partial charge in [-0.05, 0) is 11.4 Å². The van der Waals surface area contributed by atoms with Crippen molar-refractivity contribution in [1.29, 1.82) is 0 Å². The van der Waals surface area contributed by atoms with E-state index in [1.54, 1.807) is 10.9 Å². The van der Waals surface area contributed by atoms with Crippen LogP contribution in [0.25, 0.3) is 11.3 Å². The van der Waals surface area contributed by atoms with Gasteiger partial charge in [0.2, 0.25) is 0 Å². The summed E-state index contributed by atoms with van der Waals surface area (Å²) < 4.78 is 2.47. The number of aryl methyl sites for hydroxylation is 1. The van der Waals surface area contributed by atoms with Gasteiger partial charge in [0, 0.05) is 12.6 Å². The molecule has 0 saturated heterocycles. The molecule has 5 heteroatoms. The molecule has 68 valence electrons. The fourth-order valence-corrected chi connectivity index (χ4v) is 2.17. The normalized spacial score (nSPS) is 10.6. The van der Waals surface area contributed by atoms with E-state index in [0.717, 1.165) is 15.6 Å². The van der Waals surface area contributed by atoms with Gasteiger partial charge in [-0.3, -0.25) is 4.68 Å². The molecule has 0 aliphatic carbocycles. The highest BCUT2D eigenvalue weighted by Crippen LogP contribution is 2.34. The third kappa shape index (κ3) is 1.32. The van der Waals surface area contributed by atoms with Crippen molar-refractivity contribution in [1.82, 2.24) is 9.78 Å². The van der Waals surface area contributed by atoms with Gasteiger partial charge < -0.3 is 5.73 Å². The lowest BCUT2D eigenvalue weighted by molar-refractivity contribution is 0.776. The van der Waals surface area contributed by atoms with Crippen molar-refractivity contribution < 1.29 is 0 Å². The molecule has 0 aliphatic heterocycles. The van der Waals surface area contributed by atoms with E-state index in [0.29, 0.717) is 5.69 Å². The Bertz CT molecular complexity index is 413. The van der Waals surface area contributed by atoms with Crippen LogP contribution in [0.2, 0.25) is 4.34 Å². The summed E-state index contributed by atoms with van der Waals surface area (Å²) in [5.74, 6) is 0. The second-order valence-corrected chi connectivity index (χ2v) is 4.20. The zero-order chi connectivity index (χ0) is 9.42. The molecule has 0 radical (unpaired) electrons. The van der Waals surface area contributed by atoms with Crippen molar-refractivity contribution in [2.75, 3.05) is 5.73 Å². The number of halogens is 1. The number of hydrogen-bond acceptors (Lipinski definition) is 3. The molecule has 0 aromatic carbocycles. The number of anilines is 1. The van der Waals surface area contributed by atoms with Crippen LogP contribution in [0.4, 0.5) is 5.69 Å². The smallest absolute Gasteiger partial charge is 0.102 e. The van der Waals surface area contributed by atoms with Crippen LogP contribution in [0.15, 0.2) is 17.6 Å². The SMILES string of the molecule is Cn1ncc(N)c1-c1ccsc1Cl. The topological polar surface area (TPSA) is 43.8 Å². The number of nitrogen functional groups attached to an aromatic ring is 1. The Kier molecular flexibility index (Phi) is 2.01. The van der Waals surface area contributed by atoms with Gasteiger partial charge in [-0.15, -0.1) is 11.3 Å². The van der Waals surface area contributed by atoms with Crippen LogP contribution in [0, 0.1) is 0 Å². The van der Waals surface area contributed by atoms with Crippen LogP contribution >= 0.6 is 22.9 Å². The maximum absolute atomic E-state index is 6.00. The Morgan fingerprint density at radius 2 is 2.38 bits per heavy atom. The molecule has 0 amide bonds. The molecule has 13 heavy (non-hydrogen) atoms. The third-order valence-electron chi connectivity index (χ3n) is 1.84. The Morgan fingerprint density at radius 3 is 2.85 bits per heavy atom. The van der Waals surface area contributed by atoms with E-state index in [4.69, 9.17) is 17.3 Å². The summed E-state index contributed by atoms with van der Waals surface area (Å²) in [4.78, 5) is 0. The van der Waals surface area contributed by atoms with Gasteiger partial charge in [0.1, 0.15) is 4.34 Å². The predicted octanol–water partition coefficient (Wildman–Crippen LogP) is 2.38. The molecular formula is C8H8ClN3S. The van der Waals surface area contributed by atoms with Crippen molar-refractivity contribution in [3.63, 3.8) is 0 Å². The number of rotatable bonds is 1. The Morgan fingerprint density at radius 1 is 1.62 bits per heavy atom. The second-order valence-electron chi connectivity index (χ2n) is 2.68. The highest BCUT2D eigenvalue weighted by atomic mass is 35.5. The minimum atomic E-state index is 0.655. The molecule has 0 saturated carbocycles. The minimum Gasteiger partial charge on any atom is -0.396 e. The van der Waals surface area contributed by atoms with E-state index in [9.17, 15) is 0 Å². The summed E-state index contributed by atoms with van der Waals surface area (Å²) in [7, 11) is 1.85. The maximum Gasteiger partial charge on any atom is 0.102 e. The molecule has 0 unspecified atom stereocenters. The lowest BCUT2D eigenvalue weighted by atomic mass is 10.2. The van der Waals surface area contributed by atoms with E-state index in [2.05, 4.69) is 5.10 Å². The van der Waals surface area contributed by atoms with Crippen molar-refractivity contribution >= 4 is 28.6 Å². The van der Waals surface area contributed by atoms with Crippen LogP contribution in [0.1, 0.15) is 0 Å². The van der Waals surface area contributed by atoms with Crippen molar-refractivity contribution in [2.45, 2.75) is 0 Å². The lowest BCUT2D eigenvalue weighted by Gasteiger charge is -2.00. The first-order valence-corrected chi connectivity index (χ1v) is 4.96. The largest absolute Gasteiger partial charge is 0.396 e. The summed E-state index contributed by atoms with van der Waals surface area (Å²) in [6.07, 6.45) is 1.63. The van der Waals surface area contributed by atoms with Gasteiger partial charge >= 0.3 is 0 Å². The average molecular weight is 214 g/mol. The number of nitrogens with two attached hydrogens (primary N) is 1. The van der Waals surface area contributed by atoms with Crippen LogP contribution in [-0.4, -0.2) is 9.78 Å². The molecule has 2 aromatic rings. The van der Waals surface area contributed by atoms with Gasteiger partial charge in [0.05, 0.1) is 17.6 Å². The summed E-state index contributed by atoms with van der Waals surface area (Å²) in [6.45, 7) is 0. The minimum absolute atomic E-state index is 0.655. The van der Waals surface area contributed by atoms with Crippen LogP contribution in [-0.2, 0) is 7.05 Å². The molecule has 0 bridgehead atoms. The number of hydrogen-bond donors (Lipinski definition) is 1. The summed E-state index contributed by atoms with van der Waals surface area (Å²) in [5, 5.41) is 5.99. The lowest BCUT2D eigenvalue weighted by Crippen LogP contribution is -1.94. The molecule has 2 heterocycles. The molecule has 0 atom stereocenters. The molecule has 2 N–H and O–H groups in total. The number of aromatic nitrogens is 2. The summed E-state index contributed by atoms with van der Waals surface area (Å²) in [5.41, 5.74) is 8.25. The van der Waals surface area contributed by atoms with Crippen LogP contribution < -0.4 is 5.73 Å². The van der Waals surface area contributed by atoms with Gasteiger partial charge in [-0.2, -0.15) is 5.10 Å². The van der Waals surface area contributed by atoms with E-state index >= 15 is 0 Å². The van der Waals surface area contributed by atoms with Crippen molar-refractivity contribution in [3.8, 4) is 11.3 Å². The quantitative estimate of drug-likeness (QED) is 0.791. The third-order valence-corrected chi connectivity index (χ3v) is 3.01. The standard InChI is InChI=1S/C8H8ClN3S/c1-12-7(6(10)4-11-12)5-2-3-13-8(5)9/h2-4H,10H2,1H3. The molecule has 0 spiro atoms. The first-order valence-electron chi connectivity index (χ1n) is 3.71. The van der Waals surface area contributed by atoms with Crippen molar-refractivity contribution in [2.24, 2.45) is 7.05 Å². The Balaban J connectivity index is 2.64. The highest BCUT2D eigenvalue weighted by molar-refractivity contribution is 7.15. The van der Waals surface area contributed by atoms with Gasteiger partial charge in [-0.1, -0.05) is 11.6 Å². The zero-order valence-electron chi connectivity index (χ0n) is 6.99. The highest BCUT2D eigenvalue weighted by Gasteiger charge is 2.12. The molecule has 2 rings (SSSR count). The second kappa shape index (κ2) is 3.05. The first kappa shape index (κ1) is 8.59.